The van der Waals surface area contributed by atoms with Crippen LogP contribution in [0.25, 0.3) is 0 Å². The summed E-state index contributed by atoms with van der Waals surface area (Å²) >= 11 is 0. The lowest BCUT2D eigenvalue weighted by atomic mass is 9.84. The molecule has 27 heavy (non-hydrogen) atoms. The highest BCUT2D eigenvalue weighted by Crippen LogP contribution is 2.63. The van der Waals surface area contributed by atoms with E-state index < -0.39 is 17.5 Å². The summed E-state index contributed by atoms with van der Waals surface area (Å²) in [6, 6.07) is 0. The summed E-state index contributed by atoms with van der Waals surface area (Å²) < 4.78 is 23.8. The van der Waals surface area contributed by atoms with Crippen molar-refractivity contribution < 1.29 is 23.7 Å². The van der Waals surface area contributed by atoms with E-state index >= 15 is 0 Å². The van der Waals surface area contributed by atoms with E-state index in [2.05, 4.69) is 32.9 Å². The maximum atomic E-state index is 11.5. The first kappa shape index (κ1) is 19.2. The Labute approximate surface area is 162 Å². The summed E-state index contributed by atoms with van der Waals surface area (Å²) in [5, 5.41) is 0. The number of rotatable bonds is 1. The van der Waals surface area contributed by atoms with Crippen LogP contribution in [0.15, 0.2) is 23.3 Å². The van der Waals surface area contributed by atoms with Crippen LogP contribution in [0.3, 0.4) is 0 Å². The predicted octanol–water partition coefficient (Wildman–Crippen LogP) is 4.21. The quantitative estimate of drug-likeness (QED) is 0.390. The number of esters is 1. The van der Waals surface area contributed by atoms with E-state index in [4.69, 9.17) is 18.9 Å². The normalized spacial score (nSPS) is 50.6. The lowest BCUT2D eigenvalue weighted by Gasteiger charge is -2.20. The monoisotopic (exact) mass is 376 g/mol. The zero-order valence-electron chi connectivity index (χ0n) is 17.2. The molecule has 4 aliphatic rings. The number of ether oxygens (including phenoxy) is 4. The number of hydrogen-bond donors (Lipinski definition) is 0. The fraction of sp³-hybridized carbons (Fsp3) is 0.773. The molecular weight excluding hydrogens is 344 g/mol. The molecule has 0 amide bonds. The molecule has 0 N–H and O–H groups in total. The maximum Gasteiger partial charge on any atom is 0.305 e. The minimum atomic E-state index is -0.640. The van der Waals surface area contributed by atoms with Gasteiger partial charge in [-0.05, 0) is 66.2 Å². The number of fused-ring (bicyclic) bond motifs is 1. The Morgan fingerprint density at radius 1 is 1.19 bits per heavy atom. The molecule has 3 fully saturated rings. The Bertz CT molecular complexity index is 697. The molecule has 1 aliphatic carbocycles. The summed E-state index contributed by atoms with van der Waals surface area (Å²) in [4.78, 5) is 11.5. The molecule has 5 nitrogen and oxygen atoms in total. The van der Waals surface area contributed by atoms with Gasteiger partial charge in [0.1, 0.15) is 11.7 Å². The number of carbonyl (C=O) groups excluding carboxylic acids is 1. The summed E-state index contributed by atoms with van der Waals surface area (Å²) in [7, 11) is 0. The van der Waals surface area contributed by atoms with Gasteiger partial charge in [-0.1, -0.05) is 23.3 Å². The van der Waals surface area contributed by atoms with Crippen molar-refractivity contribution in [1.29, 1.82) is 0 Å². The van der Waals surface area contributed by atoms with Crippen LogP contribution < -0.4 is 0 Å². The van der Waals surface area contributed by atoms with Crippen molar-refractivity contribution in [3.8, 4) is 0 Å². The third kappa shape index (κ3) is 3.28. The highest BCUT2D eigenvalue weighted by atomic mass is 16.8. The van der Waals surface area contributed by atoms with E-state index in [1.807, 2.05) is 6.92 Å². The second-order valence-corrected chi connectivity index (χ2v) is 9.16. The lowest BCUT2D eigenvalue weighted by Crippen LogP contribution is -2.32. The molecule has 0 aromatic carbocycles. The van der Waals surface area contributed by atoms with Gasteiger partial charge < -0.3 is 18.9 Å². The van der Waals surface area contributed by atoms with E-state index in [9.17, 15) is 4.79 Å². The van der Waals surface area contributed by atoms with Crippen molar-refractivity contribution in [2.75, 3.05) is 0 Å². The van der Waals surface area contributed by atoms with Gasteiger partial charge in [-0.25, -0.2) is 0 Å². The molecule has 6 atom stereocenters. The largest absolute Gasteiger partial charge is 0.433 e. The molecule has 0 bridgehead atoms. The van der Waals surface area contributed by atoms with Crippen molar-refractivity contribution in [1.82, 2.24) is 0 Å². The van der Waals surface area contributed by atoms with Gasteiger partial charge in [0.2, 0.25) is 6.29 Å². The van der Waals surface area contributed by atoms with Crippen molar-refractivity contribution >= 4 is 5.97 Å². The average Bonchev–Trinajstić information content (AvgIpc) is 3.40. The fourth-order valence-corrected chi connectivity index (χ4v) is 4.89. The van der Waals surface area contributed by atoms with Crippen LogP contribution in [0.5, 0.6) is 0 Å². The summed E-state index contributed by atoms with van der Waals surface area (Å²) in [6.07, 6.45) is 10.0. The first-order valence-electron chi connectivity index (χ1n) is 10.2. The third-order valence-electron chi connectivity index (χ3n) is 6.94. The molecule has 0 radical (unpaired) electrons. The van der Waals surface area contributed by atoms with Crippen LogP contribution in [0.2, 0.25) is 0 Å². The van der Waals surface area contributed by atoms with E-state index in [0.717, 1.165) is 38.5 Å². The lowest BCUT2D eigenvalue weighted by molar-refractivity contribution is -0.196. The molecule has 0 saturated carbocycles. The summed E-state index contributed by atoms with van der Waals surface area (Å²) in [5.41, 5.74) is 1.73. The number of hydrogen-bond acceptors (Lipinski definition) is 5. The molecule has 3 aliphatic heterocycles. The summed E-state index contributed by atoms with van der Waals surface area (Å²) in [5.74, 6) is -0.334. The Morgan fingerprint density at radius 3 is 2.70 bits per heavy atom. The fourth-order valence-electron chi connectivity index (χ4n) is 4.89. The van der Waals surface area contributed by atoms with Gasteiger partial charge in [-0.15, -0.1) is 0 Å². The predicted molar refractivity (Wildman–Crippen MR) is 101 cm³/mol. The third-order valence-corrected chi connectivity index (χ3v) is 6.94. The molecule has 3 heterocycles. The molecule has 0 aromatic rings. The van der Waals surface area contributed by atoms with E-state index in [-0.39, 0.29) is 17.7 Å². The highest BCUT2D eigenvalue weighted by molar-refractivity contribution is 5.66. The minimum Gasteiger partial charge on any atom is -0.433 e. The van der Waals surface area contributed by atoms with E-state index in [1.165, 1.54) is 18.1 Å². The Balaban J connectivity index is 1.57. The van der Waals surface area contributed by atoms with Crippen molar-refractivity contribution in [3.05, 3.63) is 23.3 Å². The van der Waals surface area contributed by atoms with Crippen LogP contribution in [0, 0.1) is 0 Å². The van der Waals surface area contributed by atoms with Gasteiger partial charge in [0.25, 0.3) is 0 Å². The minimum absolute atomic E-state index is 0.0465. The molecule has 150 valence electrons. The zero-order chi connectivity index (χ0) is 19.4. The van der Waals surface area contributed by atoms with Crippen LogP contribution in [0.4, 0.5) is 0 Å². The van der Waals surface area contributed by atoms with Crippen molar-refractivity contribution in [2.45, 2.75) is 108 Å². The molecule has 1 spiro atoms. The molecule has 0 unspecified atom stereocenters. The average molecular weight is 376 g/mol. The number of allylic oxidation sites excluding steroid dienone is 3. The Morgan fingerprint density at radius 2 is 1.96 bits per heavy atom. The first-order valence-corrected chi connectivity index (χ1v) is 10.2. The second kappa shape index (κ2) is 6.43. The zero-order valence-corrected chi connectivity index (χ0v) is 17.2. The van der Waals surface area contributed by atoms with Crippen LogP contribution in [-0.2, 0) is 23.7 Å². The van der Waals surface area contributed by atoms with Gasteiger partial charge >= 0.3 is 5.97 Å². The molecular formula is C22H32O5. The molecule has 0 aromatic heterocycles. The Hall–Kier alpha value is -1.17. The van der Waals surface area contributed by atoms with Crippen molar-refractivity contribution in [2.24, 2.45) is 0 Å². The van der Waals surface area contributed by atoms with E-state index in [0.29, 0.717) is 6.10 Å². The smallest absolute Gasteiger partial charge is 0.305 e. The SMILES string of the molecule is CC(=O)O[C@H]1O[C@H]2/C=C(\C)CC[C@@H]3O[C@@]3(C)CC/C=C(\C)CC[C@]23O[C@]13C. The highest BCUT2D eigenvalue weighted by Gasteiger charge is 2.80. The first-order chi connectivity index (χ1) is 12.7. The standard InChI is InChI=1S/C22H32O5/c1-14-7-6-11-20(4)17(26-20)9-8-15(2)13-18-22(12-10-14)21(5,27-22)19(25-18)24-16(3)23/h7,13,17-19H,6,8-12H2,1-5H3/b14-7+,15-13+/t17-,18-,19-,20-,21+,22-/m0/s1. The van der Waals surface area contributed by atoms with Gasteiger partial charge in [-0.2, -0.15) is 0 Å². The molecule has 5 heteroatoms. The molecule has 4 rings (SSSR count). The van der Waals surface area contributed by atoms with Gasteiger partial charge in [0, 0.05) is 6.92 Å². The van der Waals surface area contributed by atoms with Gasteiger partial charge in [0.05, 0.1) is 11.7 Å². The van der Waals surface area contributed by atoms with E-state index in [1.54, 1.807) is 0 Å². The maximum absolute atomic E-state index is 11.5. The number of carbonyl (C=O) groups is 1. The van der Waals surface area contributed by atoms with Crippen molar-refractivity contribution in [3.63, 3.8) is 0 Å². The summed E-state index contributed by atoms with van der Waals surface area (Å²) in [6.45, 7) is 9.99. The van der Waals surface area contributed by atoms with Gasteiger partial charge in [-0.3, -0.25) is 4.79 Å². The molecule has 3 saturated heterocycles. The van der Waals surface area contributed by atoms with Gasteiger partial charge in [0.15, 0.2) is 5.60 Å². The number of epoxide rings is 2. The van der Waals surface area contributed by atoms with Crippen LogP contribution in [0.1, 0.15) is 73.1 Å². The van der Waals surface area contributed by atoms with Crippen LogP contribution >= 0.6 is 0 Å². The second-order valence-electron chi connectivity index (χ2n) is 9.16. The topological polar surface area (TPSA) is 60.6 Å². The van der Waals surface area contributed by atoms with Crippen LogP contribution in [-0.4, -0.2) is 41.3 Å². The Kier molecular flexibility index (Phi) is 4.56.